The maximum atomic E-state index is 13.0. The van der Waals surface area contributed by atoms with Crippen molar-refractivity contribution in [3.8, 4) is 0 Å². The van der Waals surface area contributed by atoms with Gasteiger partial charge in [0.25, 0.3) is 5.91 Å². The van der Waals surface area contributed by atoms with Crippen molar-refractivity contribution in [1.82, 2.24) is 14.9 Å². The molecule has 0 saturated carbocycles. The monoisotopic (exact) mass is 333 g/mol. The van der Waals surface area contributed by atoms with Crippen molar-refractivity contribution >= 4 is 16.8 Å². The summed E-state index contributed by atoms with van der Waals surface area (Å²) in [7, 11) is 1.87. The largest absolute Gasteiger partial charge is 0.358 e. The molecule has 2 aromatic heterocycles. The van der Waals surface area contributed by atoms with Crippen molar-refractivity contribution in [2.24, 2.45) is 0 Å². The summed E-state index contributed by atoms with van der Waals surface area (Å²) in [5.74, 6) is 0.0528. The lowest BCUT2D eigenvalue weighted by Crippen LogP contribution is -2.29. The highest BCUT2D eigenvalue weighted by atomic mass is 16.2. The van der Waals surface area contributed by atoms with Gasteiger partial charge in [0.2, 0.25) is 0 Å². The molecule has 4 heteroatoms. The van der Waals surface area contributed by atoms with Crippen LogP contribution < -0.4 is 0 Å². The van der Waals surface area contributed by atoms with Gasteiger partial charge in [-0.15, -0.1) is 0 Å². The second kappa shape index (κ2) is 6.36. The molecular weight excluding hydrogens is 310 g/mol. The molecule has 1 unspecified atom stereocenters. The van der Waals surface area contributed by atoms with Gasteiger partial charge in [-0.2, -0.15) is 0 Å². The molecular formula is C21H23N3O. The van der Waals surface area contributed by atoms with E-state index in [1.54, 1.807) is 17.3 Å². The second-order valence-electron chi connectivity index (χ2n) is 6.92. The molecule has 0 spiro atoms. The van der Waals surface area contributed by atoms with Crippen LogP contribution in [-0.2, 0) is 12.8 Å². The fourth-order valence-corrected chi connectivity index (χ4v) is 3.78. The summed E-state index contributed by atoms with van der Waals surface area (Å²) in [5.41, 5.74) is 5.74. The minimum Gasteiger partial charge on any atom is -0.358 e. The molecule has 0 saturated heterocycles. The van der Waals surface area contributed by atoms with Crippen LogP contribution in [0.15, 0.2) is 42.7 Å². The minimum atomic E-state index is 0.00587. The summed E-state index contributed by atoms with van der Waals surface area (Å²) in [4.78, 5) is 22.4. The molecule has 0 bridgehead atoms. The van der Waals surface area contributed by atoms with Crippen molar-refractivity contribution in [2.45, 2.75) is 38.6 Å². The normalized spacial score (nSPS) is 15.0. The van der Waals surface area contributed by atoms with E-state index in [0.29, 0.717) is 0 Å². The zero-order valence-electron chi connectivity index (χ0n) is 14.7. The number of nitrogens with zero attached hydrogens (tertiary/aromatic N) is 2. The molecule has 1 aromatic carbocycles. The lowest BCUT2D eigenvalue weighted by atomic mass is 9.95. The molecule has 128 valence electrons. The first-order valence-corrected chi connectivity index (χ1v) is 8.95. The molecule has 1 aliphatic rings. The Morgan fingerprint density at radius 3 is 2.72 bits per heavy atom. The standard InChI is InChI=1S/C21H23N3O/c1-14(15-9-11-22-12-10-15)24(2)21(25)16-7-8-20-18(13-16)17-5-3-4-6-19(17)23-20/h7-14,23H,3-6H2,1-2H3. The lowest BCUT2D eigenvalue weighted by Gasteiger charge is -2.25. The molecule has 1 amide bonds. The summed E-state index contributed by atoms with van der Waals surface area (Å²) in [5, 5.41) is 1.21. The number of pyridine rings is 1. The first-order chi connectivity index (χ1) is 12.1. The van der Waals surface area contributed by atoms with E-state index in [-0.39, 0.29) is 11.9 Å². The second-order valence-corrected chi connectivity index (χ2v) is 6.92. The third-order valence-corrected chi connectivity index (χ3v) is 5.43. The number of fused-ring (bicyclic) bond motifs is 3. The Morgan fingerprint density at radius 1 is 1.16 bits per heavy atom. The molecule has 1 aliphatic carbocycles. The summed E-state index contributed by atoms with van der Waals surface area (Å²) in [6, 6.07) is 9.97. The fraction of sp³-hybridized carbons (Fsp3) is 0.333. The number of carbonyl (C=O) groups excluding carboxylic acids is 1. The maximum Gasteiger partial charge on any atom is 0.254 e. The van der Waals surface area contributed by atoms with Crippen LogP contribution in [0.25, 0.3) is 10.9 Å². The van der Waals surface area contributed by atoms with Crippen molar-refractivity contribution in [3.63, 3.8) is 0 Å². The van der Waals surface area contributed by atoms with Crippen molar-refractivity contribution in [3.05, 3.63) is 65.1 Å². The van der Waals surface area contributed by atoms with Gasteiger partial charge in [0, 0.05) is 41.6 Å². The first-order valence-electron chi connectivity index (χ1n) is 8.95. The number of aromatic amines is 1. The van der Waals surface area contributed by atoms with E-state index in [2.05, 4.69) is 16.0 Å². The maximum absolute atomic E-state index is 13.0. The number of aromatic nitrogens is 2. The highest BCUT2D eigenvalue weighted by molar-refractivity contribution is 5.99. The molecule has 4 rings (SSSR count). The van der Waals surface area contributed by atoms with E-state index >= 15 is 0 Å². The molecule has 0 aliphatic heterocycles. The minimum absolute atomic E-state index is 0.00587. The quantitative estimate of drug-likeness (QED) is 0.778. The van der Waals surface area contributed by atoms with Gasteiger partial charge in [-0.05, 0) is 74.1 Å². The number of carbonyl (C=O) groups is 1. The Hall–Kier alpha value is -2.62. The van der Waals surface area contributed by atoms with Gasteiger partial charge in [0.15, 0.2) is 0 Å². The predicted molar refractivity (Wildman–Crippen MR) is 99.7 cm³/mol. The van der Waals surface area contributed by atoms with Crippen LogP contribution in [0.5, 0.6) is 0 Å². The number of benzene rings is 1. The fourth-order valence-electron chi connectivity index (χ4n) is 3.78. The summed E-state index contributed by atoms with van der Waals surface area (Å²) < 4.78 is 0. The number of aryl methyl sites for hydroxylation is 2. The van der Waals surface area contributed by atoms with Crippen LogP contribution in [-0.4, -0.2) is 27.8 Å². The third kappa shape index (κ3) is 2.82. The van der Waals surface area contributed by atoms with E-state index < -0.39 is 0 Å². The number of hydrogen-bond acceptors (Lipinski definition) is 2. The van der Waals surface area contributed by atoms with E-state index in [4.69, 9.17) is 0 Å². The van der Waals surface area contributed by atoms with E-state index in [1.807, 2.05) is 38.2 Å². The Kier molecular flexibility index (Phi) is 4.04. The van der Waals surface area contributed by atoms with Crippen LogP contribution in [0, 0.1) is 0 Å². The number of nitrogens with one attached hydrogen (secondary N) is 1. The first kappa shape index (κ1) is 15.9. The highest BCUT2D eigenvalue weighted by Gasteiger charge is 2.21. The number of H-pyrrole nitrogens is 1. The molecule has 25 heavy (non-hydrogen) atoms. The lowest BCUT2D eigenvalue weighted by molar-refractivity contribution is 0.0743. The highest BCUT2D eigenvalue weighted by Crippen LogP contribution is 2.30. The van der Waals surface area contributed by atoms with Gasteiger partial charge in [-0.25, -0.2) is 0 Å². The van der Waals surface area contributed by atoms with Crippen molar-refractivity contribution in [2.75, 3.05) is 7.05 Å². The molecule has 1 atom stereocenters. The van der Waals surface area contributed by atoms with Gasteiger partial charge in [0.1, 0.15) is 0 Å². The molecule has 0 radical (unpaired) electrons. The van der Waals surface area contributed by atoms with E-state index in [9.17, 15) is 4.79 Å². The summed E-state index contributed by atoms with van der Waals surface area (Å²) >= 11 is 0. The molecule has 4 nitrogen and oxygen atoms in total. The topological polar surface area (TPSA) is 49.0 Å². The number of rotatable bonds is 3. The third-order valence-electron chi connectivity index (χ3n) is 5.43. The molecule has 2 heterocycles. The average Bonchev–Trinajstić information content (AvgIpc) is 3.04. The van der Waals surface area contributed by atoms with Crippen molar-refractivity contribution in [1.29, 1.82) is 0 Å². The molecule has 0 fully saturated rings. The van der Waals surface area contributed by atoms with Crippen LogP contribution in [0.1, 0.15) is 53.0 Å². The van der Waals surface area contributed by atoms with Gasteiger partial charge in [-0.3, -0.25) is 9.78 Å². The SMILES string of the molecule is CC(c1ccncc1)N(C)C(=O)c1ccc2[nH]c3c(c2c1)CCCC3. The molecule has 3 aromatic rings. The van der Waals surface area contributed by atoms with E-state index in [0.717, 1.165) is 29.5 Å². The summed E-state index contributed by atoms with van der Waals surface area (Å²) in [6.07, 6.45) is 8.24. The zero-order valence-corrected chi connectivity index (χ0v) is 14.7. The van der Waals surface area contributed by atoms with Crippen LogP contribution >= 0.6 is 0 Å². The predicted octanol–water partition coefficient (Wildman–Crippen LogP) is 4.27. The Morgan fingerprint density at radius 2 is 1.92 bits per heavy atom. The number of hydrogen-bond donors (Lipinski definition) is 1. The van der Waals surface area contributed by atoms with Gasteiger partial charge < -0.3 is 9.88 Å². The van der Waals surface area contributed by atoms with Crippen LogP contribution in [0.2, 0.25) is 0 Å². The van der Waals surface area contributed by atoms with Gasteiger partial charge >= 0.3 is 0 Å². The summed E-state index contributed by atoms with van der Waals surface area (Å²) in [6.45, 7) is 2.05. The zero-order chi connectivity index (χ0) is 17.4. The number of amides is 1. The molecule has 1 N–H and O–H groups in total. The van der Waals surface area contributed by atoms with E-state index in [1.165, 1.54) is 29.5 Å². The van der Waals surface area contributed by atoms with Gasteiger partial charge in [0.05, 0.1) is 6.04 Å². The average molecular weight is 333 g/mol. The van der Waals surface area contributed by atoms with Crippen LogP contribution in [0.4, 0.5) is 0 Å². The van der Waals surface area contributed by atoms with Gasteiger partial charge in [-0.1, -0.05) is 0 Å². The van der Waals surface area contributed by atoms with Crippen molar-refractivity contribution < 1.29 is 4.79 Å². The Bertz CT molecular complexity index is 914. The Labute approximate surface area is 147 Å². The smallest absolute Gasteiger partial charge is 0.254 e. The van der Waals surface area contributed by atoms with Crippen LogP contribution in [0.3, 0.4) is 0 Å². The Balaban J connectivity index is 1.65.